The van der Waals surface area contributed by atoms with E-state index in [0.29, 0.717) is 5.92 Å². The van der Waals surface area contributed by atoms with Crippen LogP contribution in [0.5, 0.6) is 0 Å². The quantitative estimate of drug-likeness (QED) is 0.542. The lowest BCUT2D eigenvalue weighted by Gasteiger charge is -2.10. The molecule has 1 radical (unpaired) electrons. The van der Waals surface area contributed by atoms with Crippen LogP contribution in [0.4, 0.5) is 0 Å². The van der Waals surface area contributed by atoms with Crippen molar-refractivity contribution in [3.8, 4) is 0 Å². The number of rotatable bonds is 4. The van der Waals surface area contributed by atoms with Gasteiger partial charge in [-0.15, -0.1) is 0 Å². The molecule has 1 atom stereocenters. The van der Waals surface area contributed by atoms with Gasteiger partial charge < -0.3 is 5.11 Å². The van der Waals surface area contributed by atoms with Gasteiger partial charge in [0.2, 0.25) is 0 Å². The summed E-state index contributed by atoms with van der Waals surface area (Å²) in [4.78, 5) is 0. The molecule has 0 rings (SSSR count). The minimum atomic E-state index is 0.263. The topological polar surface area (TPSA) is 20.2 Å². The molecule has 1 nitrogen and oxygen atoms in total. The van der Waals surface area contributed by atoms with Crippen LogP contribution in [0.15, 0.2) is 0 Å². The Hall–Kier alpha value is 0.660. The van der Waals surface area contributed by atoms with Crippen molar-refractivity contribution in [1.29, 1.82) is 0 Å². The molecule has 0 aromatic rings. The van der Waals surface area contributed by atoms with E-state index in [1.54, 1.807) is 0 Å². The van der Waals surface area contributed by atoms with E-state index in [-0.39, 0.29) is 6.61 Å². The standard InChI is InChI=1S/C6H13OS2/c1-5(6(8)9)3-2-4-7/h5,7-9H,2-4H2,1H3. The highest BCUT2D eigenvalue weighted by atomic mass is 32.2. The van der Waals surface area contributed by atoms with Crippen molar-refractivity contribution in [3.05, 3.63) is 4.58 Å². The van der Waals surface area contributed by atoms with E-state index >= 15 is 0 Å². The van der Waals surface area contributed by atoms with E-state index in [1.807, 2.05) is 6.92 Å². The van der Waals surface area contributed by atoms with Gasteiger partial charge in [-0.1, -0.05) is 6.92 Å². The molecule has 1 N–H and O–H groups in total. The number of aliphatic hydroxyl groups is 1. The average molecular weight is 165 g/mol. The lowest BCUT2D eigenvalue weighted by Crippen LogP contribution is -1.98. The summed E-state index contributed by atoms with van der Waals surface area (Å²) in [5, 5.41) is 8.44. The molecule has 0 aliphatic rings. The first-order chi connectivity index (χ1) is 4.18. The van der Waals surface area contributed by atoms with Gasteiger partial charge in [-0.3, -0.25) is 0 Å². The first-order valence-corrected chi connectivity index (χ1v) is 3.93. The second-order valence-electron chi connectivity index (χ2n) is 2.13. The van der Waals surface area contributed by atoms with Gasteiger partial charge in [0.1, 0.15) is 0 Å². The molecular formula is C6H13OS2. The molecule has 0 saturated heterocycles. The molecule has 0 aromatic heterocycles. The third-order valence-electron chi connectivity index (χ3n) is 1.24. The van der Waals surface area contributed by atoms with Crippen LogP contribution in [0.25, 0.3) is 0 Å². The summed E-state index contributed by atoms with van der Waals surface area (Å²) >= 11 is 8.13. The van der Waals surface area contributed by atoms with Gasteiger partial charge in [0.15, 0.2) is 0 Å². The maximum atomic E-state index is 8.44. The average Bonchev–Trinajstić information content (AvgIpc) is 1.82. The molecule has 0 bridgehead atoms. The van der Waals surface area contributed by atoms with E-state index < -0.39 is 0 Å². The Morgan fingerprint density at radius 2 is 2.11 bits per heavy atom. The van der Waals surface area contributed by atoms with Gasteiger partial charge in [0, 0.05) is 6.61 Å². The first-order valence-electron chi connectivity index (χ1n) is 3.04. The van der Waals surface area contributed by atoms with Gasteiger partial charge in [-0.25, -0.2) is 0 Å². The van der Waals surface area contributed by atoms with Crippen molar-refractivity contribution in [2.24, 2.45) is 5.92 Å². The van der Waals surface area contributed by atoms with E-state index in [0.717, 1.165) is 17.4 Å². The predicted octanol–water partition coefficient (Wildman–Crippen LogP) is 1.74. The SMILES string of the molecule is CC(CCCO)[C](S)S. The zero-order chi connectivity index (χ0) is 7.28. The molecule has 0 amide bonds. The Morgan fingerprint density at radius 3 is 2.44 bits per heavy atom. The van der Waals surface area contributed by atoms with Crippen LogP contribution < -0.4 is 0 Å². The first kappa shape index (κ1) is 9.66. The summed E-state index contributed by atoms with van der Waals surface area (Å²) in [6, 6.07) is 0. The number of aliphatic hydroxyl groups excluding tert-OH is 1. The summed E-state index contributed by atoms with van der Waals surface area (Å²) in [5.41, 5.74) is 0. The highest BCUT2D eigenvalue weighted by Gasteiger charge is 2.07. The van der Waals surface area contributed by atoms with Gasteiger partial charge >= 0.3 is 0 Å². The molecule has 0 spiro atoms. The monoisotopic (exact) mass is 165 g/mol. The van der Waals surface area contributed by atoms with E-state index in [2.05, 4.69) is 25.3 Å². The minimum Gasteiger partial charge on any atom is -0.396 e. The van der Waals surface area contributed by atoms with Crippen LogP contribution in [0, 0.1) is 10.5 Å². The van der Waals surface area contributed by atoms with Gasteiger partial charge in [0.05, 0.1) is 4.58 Å². The normalized spacial score (nSPS) is 14.3. The summed E-state index contributed by atoms with van der Waals surface area (Å²) in [6.45, 7) is 2.31. The van der Waals surface area contributed by atoms with Crippen LogP contribution in [-0.2, 0) is 0 Å². The molecule has 0 fully saturated rings. The third kappa shape index (κ3) is 5.12. The van der Waals surface area contributed by atoms with Crippen LogP contribution in [0.1, 0.15) is 19.8 Å². The molecular weight excluding hydrogens is 152 g/mol. The van der Waals surface area contributed by atoms with Crippen molar-refractivity contribution in [2.75, 3.05) is 6.61 Å². The Labute approximate surface area is 67.7 Å². The van der Waals surface area contributed by atoms with Gasteiger partial charge in [-0.2, -0.15) is 25.3 Å². The zero-order valence-electron chi connectivity index (χ0n) is 5.54. The van der Waals surface area contributed by atoms with Crippen LogP contribution in [0.3, 0.4) is 0 Å². The number of hydrogen-bond donors (Lipinski definition) is 3. The van der Waals surface area contributed by atoms with Crippen LogP contribution in [-0.4, -0.2) is 11.7 Å². The molecule has 55 valence electrons. The lowest BCUT2D eigenvalue weighted by molar-refractivity contribution is 0.278. The summed E-state index contributed by atoms with van der Waals surface area (Å²) in [7, 11) is 0. The Morgan fingerprint density at radius 1 is 1.56 bits per heavy atom. The minimum absolute atomic E-state index is 0.263. The van der Waals surface area contributed by atoms with E-state index in [9.17, 15) is 0 Å². The second-order valence-corrected chi connectivity index (χ2v) is 3.44. The van der Waals surface area contributed by atoms with Gasteiger partial charge in [0.25, 0.3) is 0 Å². The highest BCUT2D eigenvalue weighted by Crippen LogP contribution is 2.25. The molecule has 0 saturated carbocycles. The molecule has 0 heterocycles. The molecule has 0 aliphatic carbocycles. The maximum Gasteiger partial charge on any atom is 0.0812 e. The number of hydrogen-bond acceptors (Lipinski definition) is 3. The maximum absolute atomic E-state index is 8.44. The van der Waals surface area contributed by atoms with Crippen LogP contribution in [0.2, 0.25) is 0 Å². The van der Waals surface area contributed by atoms with Crippen molar-refractivity contribution in [2.45, 2.75) is 19.8 Å². The molecule has 0 aliphatic heterocycles. The molecule has 3 heteroatoms. The molecule has 0 aromatic carbocycles. The smallest absolute Gasteiger partial charge is 0.0812 e. The largest absolute Gasteiger partial charge is 0.396 e. The Kier molecular flexibility index (Phi) is 5.84. The van der Waals surface area contributed by atoms with Gasteiger partial charge in [-0.05, 0) is 18.8 Å². The zero-order valence-corrected chi connectivity index (χ0v) is 7.33. The van der Waals surface area contributed by atoms with Crippen LogP contribution >= 0.6 is 25.3 Å². The lowest BCUT2D eigenvalue weighted by atomic mass is 10.1. The fourth-order valence-corrected chi connectivity index (χ4v) is 0.785. The van der Waals surface area contributed by atoms with Crippen molar-refractivity contribution < 1.29 is 5.11 Å². The van der Waals surface area contributed by atoms with E-state index in [1.165, 1.54) is 0 Å². The van der Waals surface area contributed by atoms with Crippen molar-refractivity contribution in [1.82, 2.24) is 0 Å². The predicted molar refractivity (Wildman–Crippen MR) is 46.7 cm³/mol. The summed E-state index contributed by atoms with van der Waals surface area (Å²) in [5.74, 6) is 0.406. The fraction of sp³-hybridized carbons (Fsp3) is 0.833. The Bertz CT molecular complexity index is 66.1. The summed E-state index contributed by atoms with van der Waals surface area (Å²) < 4.78 is 0.850. The molecule has 1 unspecified atom stereocenters. The van der Waals surface area contributed by atoms with E-state index in [4.69, 9.17) is 5.11 Å². The van der Waals surface area contributed by atoms with Crippen molar-refractivity contribution in [3.63, 3.8) is 0 Å². The van der Waals surface area contributed by atoms with Crippen molar-refractivity contribution >= 4 is 25.3 Å². The molecule has 9 heavy (non-hydrogen) atoms. The third-order valence-corrected chi connectivity index (χ3v) is 2.12. The number of thiol groups is 2. The highest BCUT2D eigenvalue weighted by molar-refractivity contribution is 8.03. The Balaban J connectivity index is 3.16. The second kappa shape index (κ2) is 5.45. The fourth-order valence-electron chi connectivity index (χ4n) is 0.527. The summed E-state index contributed by atoms with van der Waals surface area (Å²) in [6.07, 6.45) is 1.81.